The van der Waals surface area contributed by atoms with Crippen molar-refractivity contribution in [1.82, 2.24) is 0 Å². The number of rotatable bonds is 3. The zero-order valence-corrected chi connectivity index (χ0v) is 8.17. The first-order valence-electron chi connectivity index (χ1n) is 4.47. The van der Waals surface area contributed by atoms with Crippen molar-refractivity contribution >= 4 is 5.97 Å². The Labute approximate surface area is 87.1 Å². The van der Waals surface area contributed by atoms with Crippen LogP contribution in [-0.4, -0.2) is 19.4 Å². The largest absolute Gasteiger partial charge is 0.497 e. The molecule has 15 heavy (non-hydrogen) atoms. The van der Waals surface area contributed by atoms with Crippen molar-refractivity contribution in [3.05, 3.63) is 36.4 Å². The van der Waals surface area contributed by atoms with Gasteiger partial charge in [-0.1, -0.05) is 0 Å². The maximum absolute atomic E-state index is 10.7. The monoisotopic (exact) mass is 206 g/mol. The molecule has 1 aliphatic heterocycles. The van der Waals surface area contributed by atoms with Crippen LogP contribution in [0.15, 0.2) is 36.4 Å². The van der Waals surface area contributed by atoms with Gasteiger partial charge in [0.25, 0.3) is 6.29 Å². The maximum Gasteiger partial charge on any atom is 0.334 e. The summed E-state index contributed by atoms with van der Waals surface area (Å²) in [5.41, 5.74) is 0. The van der Waals surface area contributed by atoms with E-state index in [9.17, 15) is 4.79 Å². The fraction of sp³-hybridized carbons (Fsp3) is 0.182. The lowest BCUT2D eigenvalue weighted by Crippen LogP contribution is -2.15. The molecular formula is C11H10O4. The van der Waals surface area contributed by atoms with E-state index in [-0.39, 0.29) is 5.97 Å². The average Bonchev–Trinajstić information content (AvgIpc) is 2.65. The third kappa shape index (κ3) is 2.28. The van der Waals surface area contributed by atoms with Crippen LogP contribution in [-0.2, 0) is 9.53 Å². The molecule has 0 N–H and O–H groups in total. The van der Waals surface area contributed by atoms with E-state index in [0.717, 1.165) is 5.75 Å². The lowest BCUT2D eigenvalue weighted by atomic mass is 10.3. The number of esters is 1. The minimum atomic E-state index is -0.620. The Bertz CT molecular complexity index is 380. The molecule has 0 spiro atoms. The smallest absolute Gasteiger partial charge is 0.334 e. The Kier molecular flexibility index (Phi) is 2.58. The van der Waals surface area contributed by atoms with Gasteiger partial charge in [0.15, 0.2) is 0 Å². The lowest BCUT2D eigenvalue weighted by molar-refractivity contribution is -0.147. The van der Waals surface area contributed by atoms with Gasteiger partial charge in [-0.15, -0.1) is 0 Å². The van der Waals surface area contributed by atoms with Gasteiger partial charge in [0, 0.05) is 12.2 Å². The molecule has 4 nitrogen and oxygen atoms in total. The summed E-state index contributed by atoms with van der Waals surface area (Å²) >= 11 is 0. The second kappa shape index (κ2) is 4.04. The lowest BCUT2D eigenvalue weighted by Gasteiger charge is -2.11. The summed E-state index contributed by atoms with van der Waals surface area (Å²) in [6.07, 6.45) is 2.28. The van der Waals surface area contributed by atoms with E-state index in [1.165, 1.54) is 6.08 Å². The van der Waals surface area contributed by atoms with Gasteiger partial charge >= 0.3 is 5.97 Å². The van der Waals surface area contributed by atoms with E-state index in [1.54, 1.807) is 37.5 Å². The zero-order chi connectivity index (χ0) is 10.7. The van der Waals surface area contributed by atoms with Crippen LogP contribution in [0.25, 0.3) is 0 Å². The Balaban J connectivity index is 1.99. The van der Waals surface area contributed by atoms with E-state index in [0.29, 0.717) is 5.75 Å². The van der Waals surface area contributed by atoms with Crippen molar-refractivity contribution in [3.8, 4) is 11.5 Å². The van der Waals surface area contributed by atoms with E-state index in [4.69, 9.17) is 14.2 Å². The van der Waals surface area contributed by atoms with Crippen LogP contribution in [0.2, 0.25) is 0 Å². The highest BCUT2D eigenvalue weighted by molar-refractivity contribution is 5.84. The molecule has 1 atom stereocenters. The molecule has 0 saturated heterocycles. The predicted molar refractivity (Wildman–Crippen MR) is 52.6 cm³/mol. The maximum atomic E-state index is 10.7. The molecule has 4 heteroatoms. The van der Waals surface area contributed by atoms with Crippen molar-refractivity contribution < 1.29 is 19.0 Å². The van der Waals surface area contributed by atoms with Crippen LogP contribution in [0.3, 0.4) is 0 Å². The first kappa shape index (κ1) is 9.58. The summed E-state index contributed by atoms with van der Waals surface area (Å²) in [7, 11) is 1.59. The number of carbonyl (C=O) groups excluding carboxylic acids is 1. The Hall–Kier alpha value is -1.97. The highest BCUT2D eigenvalue weighted by Gasteiger charge is 2.17. The van der Waals surface area contributed by atoms with Crippen LogP contribution in [0.4, 0.5) is 0 Å². The normalized spacial score (nSPS) is 18.7. The van der Waals surface area contributed by atoms with Gasteiger partial charge in [-0.2, -0.15) is 0 Å². The highest BCUT2D eigenvalue weighted by Crippen LogP contribution is 2.19. The molecular weight excluding hydrogens is 196 g/mol. The zero-order valence-electron chi connectivity index (χ0n) is 8.17. The number of cyclic esters (lactones) is 1. The van der Waals surface area contributed by atoms with Gasteiger partial charge in [-0.3, -0.25) is 0 Å². The number of carbonyl (C=O) groups is 1. The molecule has 0 fully saturated rings. The molecule has 0 aromatic heterocycles. The van der Waals surface area contributed by atoms with E-state index in [2.05, 4.69) is 0 Å². The SMILES string of the molecule is COc1ccc(O[C@@H]2C=CC(=O)O2)cc1. The molecule has 0 bridgehead atoms. The van der Waals surface area contributed by atoms with Crippen LogP contribution in [0, 0.1) is 0 Å². The molecule has 1 aromatic carbocycles. The fourth-order valence-electron chi connectivity index (χ4n) is 1.20. The first-order chi connectivity index (χ1) is 7.28. The summed E-state index contributed by atoms with van der Waals surface area (Å²) in [6, 6.07) is 7.04. The van der Waals surface area contributed by atoms with Crippen molar-refractivity contribution in [2.75, 3.05) is 7.11 Å². The standard InChI is InChI=1S/C11H10O4/c1-13-8-2-4-9(5-3-8)14-11-7-6-10(12)15-11/h2-7,11H,1H3/t11-/m0/s1. The van der Waals surface area contributed by atoms with E-state index < -0.39 is 6.29 Å². The summed E-state index contributed by atoms with van der Waals surface area (Å²) in [5.74, 6) is 0.995. The second-order valence-corrected chi connectivity index (χ2v) is 2.96. The Morgan fingerprint density at radius 3 is 2.40 bits per heavy atom. The van der Waals surface area contributed by atoms with Gasteiger partial charge < -0.3 is 14.2 Å². The first-order valence-corrected chi connectivity index (χ1v) is 4.47. The van der Waals surface area contributed by atoms with Gasteiger partial charge in [0.2, 0.25) is 0 Å². The van der Waals surface area contributed by atoms with Crippen molar-refractivity contribution in [1.29, 1.82) is 0 Å². The number of methoxy groups -OCH3 is 1. The van der Waals surface area contributed by atoms with Crippen LogP contribution in [0.5, 0.6) is 11.5 Å². The van der Waals surface area contributed by atoms with Crippen LogP contribution < -0.4 is 9.47 Å². The summed E-state index contributed by atoms with van der Waals surface area (Å²) < 4.78 is 15.2. The molecule has 0 radical (unpaired) electrons. The Morgan fingerprint density at radius 2 is 1.87 bits per heavy atom. The molecule has 1 heterocycles. The van der Waals surface area contributed by atoms with Gasteiger partial charge in [0.05, 0.1) is 7.11 Å². The summed E-state index contributed by atoms with van der Waals surface area (Å²) in [6.45, 7) is 0. The summed E-state index contributed by atoms with van der Waals surface area (Å²) in [5, 5.41) is 0. The minimum absolute atomic E-state index is 0.381. The van der Waals surface area contributed by atoms with Crippen LogP contribution >= 0.6 is 0 Å². The number of benzene rings is 1. The molecule has 78 valence electrons. The molecule has 0 saturated carbocycles. The third-order valence-corrected chi connectivity index (χ3v) is 1.93. The quantitative estimate of drug-likeness (QED) is 0.703. The number of ether oxygens (including phenoxy) is 3. The van der Waals surface area contributed by atoms with Crippen molar-refractivity contribution in [3.63, 3.8) is 0 Å². The average molecular weight is 206 g/mol. The van der Waals surface area contributed by atoms with Crippen molar-refractivity contribution in [2.45, 2.75) is 6.29 Å². The number of hydrogen-bond donors (Lipinski definition) is 0. The molecule has 1 aliphatic rings. The molecule has 0 unspecified atom stereocenters. The molecule has 0 aliphatic carbocycles. The molecule has 2 rings (SSSR count). The summed E-state index contributed by atoms with van der Waals surface area (Å²) in [4.78, 5) is 10.7. The van der Waals surface area contributed by atoms with E-state index in [1.807, 2.05) is 0 Å². The molecule has 0 amide bonds. The van der Waals surface area contributed by atoms with Crippen LogP contribution in [0.1, 0.15) is 0 Å². The van der Waals surface area contributed by atoms with Gasteiger partial charge in [-0.25, -0.2) is 4.79 Å². The number of hydrogen-bond acceptors (Lipinski definition) is 4. The van der Waals surface area contributed by atoms with E-state index >= 15 is 0 Å². The fourth-order valence-corrected chi connectivity index (χ4v) is 1.20. The van der Waals surface area contributed by atoms with Gasteiger partial charge in [0.1, 0.15) is 11.5 Å². The predicted octanol–water partition coefficient (Wildman–Crippen LogP) is 1.51. The van der Waals surface area contributed by atoms with Gasteiger partial charge in [-0.05, 0) is 24.3 Å². The highest BCUT2D eigenvalue weighted by atomic mass is 16.7. The second-order valence-electron chi connectivity index (χ2n) is 2.96. The van der Waals surface area contributed by atoms with Crippen molar-refractivity contribution in [2.24, 2.45) is 0 Å². The minimum Gasteiger partial charge on any atom is -0.497 e. The molecule has 1 aromatic rings. The topological polar surface area (TPSA) is 44.8 Å². The Morgan fingerprint density at radius 1 is 1.20 bits per heavy atom. The third-order valence-electron chi connectivity index (χ3n) is 1.93.